The van der Waals surface area contributed by atoms with Gasteiger partial charge in [0.05, 0.1) is 11.8 Å². The quantitative estimate of drug-likeness (QED) is 0.622. The lowest BCUT2D eigenvalue weighted by Crippen LogP contribution is -2.19. The second kappa shape index (κ2) is 7.58. The Labute approximate surface area is 129 Å². The average molecular weight is 340 g/mol. The molecule has 110 valence electrons. The number of hydrogen-bond donors (Lipinski definition) is 1. The lowest BCUT2D eigenvalue weighted by molar-refractivity contribution is -0.123. The molecule has 0 radical (unpaired) electrons. The summed E-state index contributed by atoms with van der Waals surface area (Å²) in [6.07, 6.45) is -0.0881. The average Bonchev–Trinajstić information content (AvgIpc) is 2.37. The van der Waals surface area contributed by atoms with Gasteiger partial charge in [0.25, 0.3) is 0 Å². The topological polar surface area (TPSA) is 46.2 Å². The number of halogens is 1. The normalized spacial score (nSPS) is 10.9. The number of hydrogen-bond acceptors (Lipinski definition) is 2. The van der Waals surface area contributed by atoms with E-state index in [1.807, 2.05) is 18.2 Å². The molecule has 1 rings (SSSR count). The first-order valence-corrected chi connectivity index (χ1v) is 7.99. The van der Waals surface area contributed by atoms with Gasteiger partial charge in [-0.3, -0.25) is 9.59 Å². The number of amides is 1. The number of anilines is 1. The highest BCUT2D eigenvalue weighted by molar-refractivity contribution is 9.09. The van der Waals surface area contributed by atoms with Crippen molar-refractivity contribution in [1.29, 1.82) is 0 Å². The lowest BCUT2D eigenvalue weighted by atomic mass is 9.92. The van der Waals surface area contributed by atoms with Gasteiger partial charge in [0.15, 0.2) is 5.78 Å². The Bertz CT molecular complexity index is 469. The number of alkyl halides is 1. The fraction of sp³-hybridized carbons (Fsp3) is 0.500. The predicted molar refractivity (Wildman–Crippen MR) is 86.7 cm³/mol. The van der Waals surface area contributed by atoms with E-state index in [-0.39, 0.29) is 23.4 Å². The van der Waals surface area contributed by atoms with Crippen LogP contribution in [0.15, 0.2) is 18.2 Å². The molecular weight excluding hydrogens is 318 g/mol. The summed E-state index contributed by atoms with van der Waals surface area (Å²) in [5.41, 5.74) is 3.08. The van der Waals surface area contributed by atoms with Crippen LogP contribution < -0.4 is 5.32 Å². The summed E-state index contributed by atoms with van der Waals surface area (Å²) in [5, 5.41) is 3.14. The van der Waals surface area contributed by atoms with Crippen molar-refractivity contribution in [3.8, 4) is 0 Å². The molecule has 0 heterocycles. The van der Waals surface area contributed by atoms with Gasteiger partial charge in [-0.05, 0) is 23.0 Å². The molecule has 0 spiro atoms. The Kier molecular flexibility index (Phi) is 6.40. The summed E-state index contributed by atoms with van der Waals surface area (Å²) in [5.74, 6) is 0.270. The Morgan fingerprint density at radius 1 is 1.10 bits per heavy atom. The van der Waals surface area contributed by atoms with E-state index in [0.717, 1.165) is 16.8 Å². The summed E-state index contributed by atoms with van der Waals surface area (Å²) in [4.78, 5) is 23.3. The zero-order chi connectivity index (χ0) is 15.3. The first-order chi connectivity index (χ1) is 9.36. The van der Waals surface area contributed by atoms with Crippen LogP contribution in [0.4, 0.5) is 5.69 Å². The molecule has 0 aliphatic rings. The number of carbonyl (C=O) groups excluding carboxylic acids is 2. The van der Waals surface area contributed by atoms with Crippen molar-refractivity contribution < 1.29 is 9.59 Å². The van der Waals surface area contributed by atoms with E-state index in [4.69, 9.17) is 0 Å². The van der Waals surface area contributed by atoms with Crippen molar-refractivity contribution in [3.63, 3.8) is 0 Å². The smallest absolute Gasteiger partial charge is 0.231 e. The maximum Gasteiger partial charge on any atom is 0.231 e. The number of ketones is 1. The van der Waals surface area contributed by atoms with Crippen LogP contribution in [-0.2, 0) is 9.59 Å². The molecule has 0 fully saturated rings. The van der Waals surface area contributed by atoms with Crippen LogP contribution in [0.2, 0.25) is 0 Å². The number of rotatable bonds is 6. The molecule has 0 bridgehead atoms. The molecule has 20 heavy (non-hydrogen) atoms. The molecular formula is C16H22BrNO2. The zero-order valence-electron chi connectivity index (χ0n) is 12.5. The maximum absolute atomic E-state index is 12.0. The minimum absolute atomic E-state index is 0.0881. The molecule has 0 aliphatic carbocycles. The fourth-order valence-corrected chi connectivity index (χ4v) is 2.30. The van der Waals surface area contributed by atoms with Crippen molar-refractivity contribution in [1.82, 2.24) is 0 Å². The Morgan fingerprint density at radius 3 is 2.00 bits per heavy atom. The van der Waals surface area contributed by atoms with E-state index in [2.05, 4.69) is 48.9 Å². The predicted octanol–water partition coefficient (Wildman–Crippen LogP) is 4.23. The number of Topliss-reactive ketones (excluding diaryl/α,β-unsaturated/α-hetero) is 1. The van der Waals surface area contributed by atoms with Crippen molar-refractivity contribution in [2.24, 2.45) is 0 Å². The third-order valence-electron chi connectivity index (χ3n) is 3.14. The van der Waals surface area contributed by atoms with E-state index in [9.17, 15) is 9.59 Å². The molecule has 1 aromatic rings. The summed E-state index contributed by atoms with van der Waals surface area (Å²) in [6, 6.07) is 6.07. The van der Waals surface area contributed by atoms with Gasteiger partial charge in [-0.25, -0.2) is 0 Å². The minimum atomic E-state index is -0.246. The van der Waals surface area contributed by atoms with Gasteiger partial charge in [-0.2, -0.15) is 0 Å². The number of carbonyl (C=O) groups is 2. The van der Waals surface area contributed by atoms with Crippen molar-refractivity contribution >= 4 is 33.3 Å². The van der Waals surface area contributed by atoms with Gasteiger partial charge >= 0.3 is 0 Å². The lowest BCUT2D eigenvalue weighted by Gasteiger charge is -2.20. The van der Waals surface area contributed by atoms with Crippen molar-refractivity contribution in [3.05, 3.63) is 29.3 Å². The first kappa shape index (κ1) is 16.9. The second-order valence-electron chi connectivity index (χ2n) is 5.52. The summed E-state index contributed by atoms with van der Waals surface area (Å²) < 4.78 is 0. The number of nitrogens with one attached hydrogen (secondary N) is 1. The zero-order valence-corrected chi connectivity index (χ0v) is 14.1. The van der Waals surface area contributed by atoms with Gasteiger partial charge in [0.1, 0.15) is 0 Å². The Morgan fingerprint density at radius 2 is 1.60 bits per heavy atom. The molecule has 1 N–H and O–H groups in total. The molecule has 0 aromatic heterocycles. The van der Waals surface area contributed by atoms with Crippen molar-refractivity contribution in [2.75, 3.05) is 10.6 Å². The van der Waals surface area contributed by atoms with Crippen LogP contribution in [0.5, 0.6) is 0 Å². The van der Waals surface area contributed by atoms with Crippen LogP contribution in [0.3, 0.4) is 0 Å². The van der Waals surface area contributed by atoms with Crippen LogP contribution in [0.25, 0.3) is 0 Å². The van der Waals surface area contributed by atoms with Crippen molar-refractivity contribution in [2.45, 2.75) is 46.0 Å². The van der Waals surface area contributed by atoms with E-state index in [1.165, 1.54) is 0 Å². The Hall–Kier alpha value is -1.16. The highest BCUT2D eigenvalue weighted by atomic mass is 79.9. The third kappa shape index (κ3) is 4.44. The number of benzene rings is 1. The second-order valence-corrected chi connectivity index (χ2v) is 6.08. The van der Waals surface area contributed by atoms with Gasteiger partial charge in [0, 0.05) is 5.69 Å². The summed E-state index contributed by atoms with van der Waals surface area (Å²) in [6.45, 7) is 8.38. The van der Waals surface area contributed by atoms with E-state index in [0.29, 0.717) is 11.8 Å². The van der Waals surface area contributed by atoms with E-state index < -0.39 is 0 Å². The minimum Gasteiger partial charge on any atom is -0.325 e. The standard InChI is InChI=1S/C16H22BrNO2/c1-10(2)13-6-5-7-14(11(3)4)16(13)18-15(20)8-12(19)9-17/h5-7,10-11H,8-9H2,1-4H3,(H,18,20). The molecule has 1 amide bonds. The van der Waals surface area contributed by atoms with Gasteiger partial charge in [0.2, 0.25) is 5.91 Å². The summed E-state index contributed by atoms with van der Waals surface area (Å²) in [7, 11) is 0. The van der Waals surface area contributed by atoms with Crippen LogP contribution >= 0.6 is 15.9 Å². The highest BCUT2D eigenvalue weighted by Gasteiger charge is 2.17. The maximum atomic E-state index is 12.0. The molecule has 0 atom stereocenters. The van der Waals surface area contributed by atoms with Gasteiger partial charge in [-0.15, -0.1) is 0 Å². The van der Waals surface area contributed by atoms with E-state index in [1.54, 1.807) is 0 Å². The van der Waals surface area contributed by atoms with E-state index >= 15 is 0 Å². The van der Waals surface area contributed by atoms with Crippen LogP contribution in [0, 0.1) is 0 Å². The molecule has 0 saturated carbocycles. The first-order valence-electron chi connectivity index (χ1n) is 6.87. The monoisotopic (exact) mass is 339 g/mol. The third-order valence-corrected chi connectivity index (χ3v) is 3.77. The van der Waals surface area contributed by atoms with Gasteiger partial charge < -0.3 is 5.32 Å². The molecule has 4 heteroatoms. The largest absolute Gasteiger partial charge is 0.325 e. The van der Waals surface area contributed by atoms with Crippen LogP contribution in [0.1, 0.15) is 57.1 Å². The molecule has 1 aromatic carbocycles. The molecule has 0 unspecified atom stereocenters. The summed E-state index contributed by atoms with van der Waals surface area (Å²) >= 11 is 3.07. The van der Waals surface area contributed by atoms with Crippen LogP contribution in [-0.4, -0.2) is 17.0 Å². The molecule has 0 saturated heterocycles. The molecule has 3 nitrogen and oxygen atoms in total. The SMILES string of the molecule is CC(C)c1cccc(C(C)C)c1NC(=O)CC(=O)CBr. The fourth-order valence-electron chi connectivity index (χ4n) is 2.11. The Balaban J connectivity index is 3.07. The number of para-hydroxylation sites is 1. The van der Waals surface area contributed by atoms with Gasteiger partial charge in [-0.1, -0.05) is 61.8 Å². The highest BCUT2D eigenvalue weighted by Crippen LogP contribution is 2.32. The molecule has 0 aliphatic heterocycles.